The van der Waals surface area contributed by atoms with Gasteiger partial charge in [0.1, 0.15) is 0 Å². The van der Waals surface area contributed by atoms with Crippen LogP contribution in [0.3, 0.4) is 0 Å². The molecule has 0 bridgehead atoms. The monoisotopic (exact) mass is 238 g/mol. The van der Waals surface area contributed by atoms with E-state index in [0.29, 0.717) is 0 Å². The molecule has 1 aromatic heterocycles. The van der Waals surface area contributed by atoms with Crippen molar-refractivity contribution in [2.45, 2.75) is 33.6 Å². The van der Waals surface area contributed by atoms with E-state index in [9.17, 15) is 4.79 Å². The lowest BCUT2D eigenvalue weighted by Gasteiger charge is -2.19. The predicted molar refractivity (Wildman–Crippen MR) is 67.5 cm³/mol. The third-order valence-electron chi connectivity index (χ3n) is 2.93. The highest BCUT2D eigenvalue weighted by molar-refractivity contribution is 7.17. The van der Waals surface area contributed by atoms with Crippen molar-refractivity contribution >= 4 is 22.3 Å². The molecule has 0 N–H and O–H groups in total. The summed E-state index contributed by atoms with van der Waals surface area (Å²) in [6.07, 6.45) is 2.70. The lowest BCUT2D eigenvalue weighted by Crippen LogP contribution is -2.24. The van der Waals surface area contributed by atoms with E-state index in [1.54, 1.807) is 6.92 Å². The van der Waals surface area contributed by atoms with Crippen molar-refractivity contribution in [1.82, 2.24) is 4.98 Å². The molecule has 1 saturated carbocycles. The van der Waals surface area contributed by atoms with Crippen LogP contribution in [-0.4, -0.2) is 23.9 Å². The first-order valence-electron chi connectivity index (χ1n) is 5.85. The molecule has 0 radical (unpaired) electrons. The number of Topliss-reactive ketones (excluding diaryl/α,β-unsaturated/α-hetero) is 1. The third-order valence-corrected chi connectivity index (χ3v) is 4.25. The molecule has 0 spiro atoms. The van der Waals surface area contributed by atoms with E-state index in [2.05, 4.69) is 16.8 Å². The molecule has 0 saturated heterocycles. The Bertz CT molecular complexity index is 396. The van der Waals surface area contributed by atoms with E-state index in [1.807, 2.05) is 6.92 Å². The zero-order valence-electron chi connectivity index (χ0n) is 10.1. The Labute approximate surface area is 100 Å². The van der Waals surface area contributed by atoms with Crippen LogP contribution < -0.4 is 4.90 Å². The number of hydrogen-bond donors (Lipinski definition) is 0. The summed E-state index contributed by atoms with van der Waals surface area (Å²) in [6.45, 7) is 7.75. The zero-order valence-corrected chi connectivity index (χ0v) is 10.9. The van der Waals surface area contributed by atoms with Crippen LogP contribution in [0.1, 0.15) is 42.1 Å². The van der Waals surface area contributed by atoms with Crippen molar-refractivity contribution < 1.29 is 4.79 Å². The van der Waals surface area contributed by atoms with Crippen LogP contribution in [0.4, 0.5) is 5.13 Å². The van der Waals surface area contributed by atoms with E-state index in [4.69, 9.17) is 0 Å². The largest absolute Gasteiger partial charge is 0.348 e. The number of rotatable bonds is 5. The van der Waals surface area contributed by atoms with E-state index < -0.39 is 0 Å². The maximum absolute atomic E-state index is 11.4. The second-order valence-electron chi connectivity index (χ2n) is 4.45. The van der Waals surface area contributed by atoms with Crippen LogP contribution >= 0.6 is 11.3 Å². The van der Waals surface area contributed by atoms with Gasteiger partial charge < -0.3 is 4.90 Å². The topological polar surface area (TPSA) is 33.2 Å². The number of ketones is 1. The number of nitrogens with zero attached hydrogens (tertiary/aromatic N) is 2. The van der Waals surface area contributed by atoms with Crippen LogP contribution in [0.25, 0.3) is 0 Å². The van der Waals surface area contributed by atoms with Crippen molar-refractivity contribution in [3.63, 3.8) is 0 Å². The van der Waals surface area contributed by atoms with Gasteiger partial charge in [0.15, 0.2) is 10.9 Å². The molecule has 0 atom stereocenters. The molecule has 2 rings (SSSR count). The Kier molecular flexibility index (Phi) is 3.28. The fourth-order valence-corrected chi connectivity index (χ4v) is 2.83. The fraction of sp³-hybridized carbons (Fsp3) is 0.667. The van der Waals surface area contributed by atoms with E-state index in [1.165, 1.54) is 24.2 Å². The average Bonchev–Trinajstić information content (AvgIpc) is 2.97. The van der Waals surface area contributed by atoms with Crippen molar-refractivity contribution in [3.05, 3.63) is 10.6 Å². The summed E-state index contributed by atoms with van der Waals surface area (Å²) < 4.78 is 0. The SMILES string of the molecule is CCN(CC1CC1)c1nc(C)c(C(C)=O)s1. The second-order valence-corrected chi connectivity index (χ2v) is 5.43. The Morgan fingerprint density at radius 1 is 1.56 bits per heavy atom. The van der Waals surface area contributed by atoms with Gasteiger partial charge in [-0.3, -0.25) is 4.79 Å². The highest BCUT2D eigenvalue weighted by atomic mass is 32.1. The highest BCUT2D eigenvalue weighted by Crippen LogP contribution is 2.33. The summed E-state index contributed by atoms with van der Waals surface area (Å²) in [5, 5.41) is 1.01. The first-order chi connectivity index (χ1) is 7.61. The molecule has 1 heterocycles. The van der Waals surface area contributed by atoms with Crippen molar-refractivity contribution in [1.29, 1.82) is 0 Å². The number of aryl methyl sites for hydroxylation is 1. The zero-order chi connectivity index (χ0) is 11.7. The minimum absolute atomic E-state index is 0.128. The van der Waals surface area contributed by atoms with E-state index in [0.717, 1.165) is 34.7 Å². The van der Waals surface area contributed by atoms with E-state index >= 15 is 0 Å². The number of thiazole rings is 1. The van der Waals surface area contributed by atoms with Gasteiger partial charge in [-0.25, -0.2) is 4.98 Å². The molecule has 1 fully saturated rings. The third kappa shape index (κ3) is 2.43. The highest BCUT2D eigenvalue weighted by Gasteiger charge is 2.25. The number of carbonyl (C=O) groups excluding carboxylic acids is 1. The van der Waals surface area contributed by atoms with Crippen molar-refractivity contribution in [2.75, 3.05) is 18.0 Å². The Balaban J connectivity index is 2.16. The van der Waals surface area contributed by atoms with Gasteiger partial charge in [-0.2, -0.15) is 0 Å². The van der Waals surface area contributed by atoms with Crippen LogP contribution in [0.15, 0.2) is 0 Å². The standard InChI is InChI=1S/C12H18N2OS/c1-4-14(7-10-5-6-10)12-13-8(2)11(16-12)9(3)15/h10H,4-7H2,1-3H3. The molecule has 3 nitrogen and oxygen atoms in total. The molecule has 1 aliphatic rings. The second kappa shape index (κ2) is 4.53. The predicted octanol–water partition coefficient (Wildman–Crippen LogP) is 2.89. The van der Waals surface area contributed by atoms with Gasteiger partial charge in [0.25, 0.3) is 0 Å². The molecule has 0 aliphatic heterocycles. The summed E-state index contributed by atoms with van der Waals surface area (Å²) in [5.74, 6) is 0.980. The van der Waals surface area contributed by atoms with Gasteiger partial charge in [0.2, 0.25) is 0 Å². The number of hydrogen-bond acceptors (Lipinski definition) is 4. The molecule has 0 aromatic carbocycles. The number of anilines is 1. The minimum Gasteiger partial charge on any atom is -0.348 e. The summed E-state index contributed by atoms with van der Waals surface area (Å²) in [7, 11) is 0. The first-order valence-corrected chi connectivity index (χ1v) is 6.66. The summed E-state index contributed by atoms with van der Waals surface area (Å²) in [5.41, 5.74) is 0.877. The maximum atomic E-state index is 11.4. The molecule has 4 heteroatoms. The normalized spacial score (nSPS) is 15.2. The molecule has 0 amide bonds. The molecular formula is C12H18N2OS. The number of aromatic nitrogens is 1. The van der Waals surface area contributed by atoms with Crippen LogP contribution in [-0.2, 0) is 0 Å². The Hall–Kier alpha value is -0.900. The lowest BCUT2D eigenvalue weighted by molar-refractivity contribution is 0.102. The summed E-state index contributed by atoms with van der Waals surface area (Å²) in [4.78, 5) is 19.0. The van der Waals surface area contributed by atoms with Gasteiger partial charge in [0.05, 0.1) is 10.6 Å². The molecule has 0 unspecified atom stereocenters. The minimum atomic E-state index is 0.128. The van der Waals surface area contributed by atoms with Gasteiger partial charge in [-0.15, -0.1) is 0 Å². The molecular weight excluding hydrogens is 220 g/mol. The van der Waals surface area contributed by atoms with Crippen LogP contribution in [0.5, 0.6) is 0 Å². The Morgan fingerprint density at radius 3 is 2.69 bits per heavy atom. The van der Waals surface area contributed by atoms with Gasteiger partial charge in [-0.1, -0.05) is 11.3 Å². The van der Waals surface area contributed by atoms with Gasteiger partial charge >= 0.3 is 0 Å². The quantitative estimate of drug-likeness (QED) is 0.739. The van der Waals surface area contributed by atoms with Crippen LogP contribution in [0, 0.1) is 12.8 Å². The maximum Gasteiger partial charge on any atom is 0.186 e. The summed E-state index contributed by atoms with van der Waals surface area (Å²) in [6, 6.07) is 0. The first kappa shape index (κ1) is 11.6. The summed E-state index contributed by atoms with van der Waals surface area (Å²) >= 11 is 1.54. The van der Waals surface area contributed by atoms with Crippen molar-refractivity contribution in [3.8, 4) is 0 Å². The Morgan fingerprint density at radius 2 is 2.25 bits per heavy atom. The van der Waals surface area contributed by atoms with Gasteiger partial charge in [-0.05, 0) is 32.6 Å². The number of carbonyl (C=O) groups is 1. The van der Waals surface area contributed by atoms with Gasteiger partial charge in [0, 0.05) is 20.0 Å². The lowest BCUT2D eigenvalue weighted by atomic mass is 10.3. The smallest absolute Gasteiger partial charge is 0.186 e. The fourth-order valence-electron chi connectivity index (χ4n) is 1.80. The molecule has 16 heavy (non-hydrogen) atoms. The molecule has 1 aromatic rings. The molecule has 88 valence electrons. The van der Waals surface area contributed by atoms with E-state index in [-0.39, 0.29) is 5.78 Å². The molecule has 1 aliphatic carbocycles. The van der Waals surface area contributed by atoms with Crippen LogP contribution in [0.2, 0.25) is 0 Å². The van der Waals surface area contributed by atoms with Crippen molar-refractivity contribution in [2.24, 2.45) is 5.92 Å². The average molecular weight is 238 g/mol.